The van der Waals surface area contributed by atoms with Gasteiger partial charge in [-0.3, -0.25) is 4.90 Å². The Hall–Kier alpha value is -0.0800. The topological polar surface area (TPSA) is 15.3 Å². The first-order chi connectivity index (χ1) is 4.42. The van der Waals surface area contributed by atoms with Crippen LogP contribution in [0.4, 0.5) is 0 Å². The lowest BCUT2D eigenvalue weighted by atomic mass is 9.89. The van der Waals surface area contributed by atoms with Gasteiger partial charge in [0, 0.05) is 25.2 Å². The first-order valence-electron chi connectivity index (χ1n) is 3.88. The second-order valence-corrected chi connectivity index (χ2v) is 3.03. The summed E-state index contributed by atoms with van der Waals surface area (Å²) >= 11 is 0. The number of nitrogens with one attached hydrogen (secondary N) is 1. The van der Waals surface area contributed by atoms with Gasteiger partial charge in [-0.1, -0.05) is 6.92 Å². The first-order valence-corrected chi connectivity index (χ1v) is 3.88. The van der Waals surface area contributed by atoms with E-state index in [-0.39, 0.29) is 0 Å². The Bertz CT molecular complexity index is 99.5. The van der Waals surface area contributed by atoms with E-state index in [1.54, 1.807) is 0 Å². The lowest BCUT2D eigenvalue weighted by Crippen LogP contribution is -2.67. The van der Waals surface area contributed by atoms with Crippen molar-refractivity contribution in [3.8, 4) is 0 Å². The van der Waals surface area contributed by atoms with E-state index in [0.29, 0.717) is 0 Å². The summed E-state index contributed by atoms with van der Waals surface area (Å²) in [6.45, 7) is 5.95. The minimum Gasteiger partial charge on any atom is -0.314 e. The van der Waals surface area contributed by atoms with Crippen LogP contribution < -0.4 is 5.32 Å². The molecule has 3 fully saturated rings. The van der Waals surface area contributed by atoms with Crippen LogP contribution in [0, 0.1) is 0 Å². The average Bonchev–Trinajstić information content (AvgIpc) is 1.90. The van der Waals surface area contributed by atoms with E-state index in [4.69, 9.17) is 0 Å². The zero-order valence-electron chi connectivity index (χ0n) is 5.93. The van der Waals surface area contributed by atoms with Gasteiger partial charge in [-0.15, -0.1) is 0 Å². The fourth-order valence-corrected chi connectivity index (χ4v) is 2.08. The van der Waals surface area contributed by atoms with Crippen LogP contribution in [0.15, 0.2) is 0 Å². The number of likely N-dealkylation sites (N-methyl/N-ethyl adjacent to an activating group) is 1. The number of piperazine rings is 1. The maximum Gasteiger partial charge on any atom is 0.0239 e. The molecule has 3 rings (SSSR count). The molecule has 0 aromatic heterocycles. The molecule has 0 saturated carbocycles. The highest BCUT2D eigenvalue weighted by molar-refractivity contribution is 4.98. The molecule has 2 heteroatoms. The van der Waals surface area contributed by atoms with E-state index >= 15 is 0 Å². The van der Waals surface area contributed by atoms with E-state index < -0.39 is 0 Å². The first kappa shape index (κ1) is 5.69. The van der Waals surface area contributed by atoms with Gasteiger partial charge in [0.25, 0.3) is 0 Å². The Morgan fingerprint density at radius 2 is 2.11 bits per heavy atom. The van der Waals surface area contributed by atoms with Gasteiger partial charge in [-0.25, -0.2) is 0 Å². The fraction of sp³-hybridized carbons (Fsp3) is 1.00. The van der Waals surface area contributed by atoms with Crippen LogP contribution in [0.25, 0.3) is 0 Å². The molecule has 2 atom stereocenters. The van der Waals surface area contributed by atoms with Gasteiger partial charge in [0.05, 0.1) is 0 Å². The molecule has 0 aliphatic carbocycles. The van der Waals surface area contributed by atoms with E-state index in [2.05, 4.69) is 17.1 Å². The van der Waals surface area contributed by atoms with Gasteiger partial charge < -0.3 is 5.32 Å². The summed E-state index contributed by atoms with van der Waals surface area (Å²) in [5.74, 6) is 0. The largest absolute Gasteiger partial charge is 0.314 e. The molecule has 2 nitrogen and oxygen atoms in total. The maximum atomic E-state index is 3.41. The maximum absolute atomic E-state index is 3.41. The molecule has 0 radical (unpaired) electrons. The van der Waals surface area contributed by atoms with Crippen LogP contribution in [0.3, 0.4) is 0 Å². The minimum absolute atomic E-state index is 0.883. The molecule has 0 aromatic carbocycles. The number of fused-ring (bicyclic) bond motifs is 2. The van der Waals surface area contributed by atoms with Crippen LogP contribution in [0.1, 0.15) is 13.3 Å². The van der Waals surface area contributed by atoms with Crippen LogP contribution in [0.2, 0.25) is 0 Å². The zero-order valence-corrected chi connectivity index (χ0v) is 5.93. The highest BCUT2D eigenvalue weighted by Crippen LogP contribution is 2.27. The summed E-state index contributed by atoms with van der Waals surface area (Å²) in [5.41, 5.74) is 0. The third-order valence-corrected chi connectivity index (χ3v) is 2.61. The standard InChI is InChI=1S/C7H14N2/c1-2-9-6-3-7(9)5-8-4-6/h6-8H,2-5H2,1H3. The molecule has 3 heterocycles. The lowest BCUT2D eigenvalue weighted by molar-refractivity contribution is -0.00812. The van der Waals surface area contributed by atoms with Crippen molar-refractivity contribution in [2.24, 2.45) is 0 Å². The third-order valence-electron chi connectivity index (χ3n) is 2.61. The van der Waals surface area contributed by atoms with Crippen LogP contribution in [-0.4, -0.2) is 36.6 Å². The van der Waals surface area contributed by atoms with Crippen molar-refractivity contribution in [1.82, 2.24) is 10.2 Å². The summed E-state index contributed by atoms with van der Waals surface area (Å²) in [5, 5.41) is 3.41. The normalized spacial score (nSPS) is 42.3. The molecule has 0 spiro atoms. The van der Waals surface area contributed by atoms with Gasteiger partial charge in [-0.05, 0) is 13.0 Å². The number of nitrogens with zero attached hydrogens (tertiary/aromatic N) is 1. The third kappa shape index (κ3) is 0.700. The van der Waals surface area contributed by atoms with Crippen molar-refractivity contribution < 1.29 is 0 Å². The van der Waals surface area contributed by atoms with E-state index in [1.165, 1.54) is 26.1 Å². The van der Waals surface area contributed by atoms with Gasteiger partial charge in [0.1, 0.15) is 0 Å². The number of hydrogen-bond acceptors (Lipinski definition) is 2. The summed E-state index contributed by atoms with van der Waals surface area (Å²) in [6.07, 6.45) is 1.45. The molecule has 0 aromatic rings. The Morgan fingerprint density at radius 3 is 2.44 bits per heavy atom. The van der Waals surface area contributed by atoms with Crippen molar-refractivity contribution >= 4 is 0 Å². The second kappa shape index (κ2) is 1.96. The highest BCUT2D eigenvalue weighted by atomic mass is 15.3. The number of rotatable bonds is 1. The van der Waals surface area contributed by atoms with Crippen LogP contribution >= 0.6 is 0 Å². The van der Waals surface area contributed by atoms with Gasteiger partial charge >= 0.3 is 0 Å². The average molecular weight is 126 g/mol. The Morgan fingerprint density at radius 1 is 1.44 bits per heavy atom. The summed E-state index contributed by atoms with van der Waals surface area (Å²) in [4.78, 5) is 2.59. The molecular formula is C7H14N2. The zero-order chi connectivity index (χ0) is 6.27. The predicted molar refractivity (Wildman–Crippen MR) is 37.4 cm³/mol. The highest BCUT2D eigenvalue weighted by Gasteiger charge is 2.39. The summed E-state index contributed by atoms with van der Waals surface area (Å²) in [6, 6.07) is 1.77. The number of piperidine rings is 1. The van der Waals surface area contributed by atoms with Crippen molar-refractivity contribution in [3.05, 3.63) is 0 Å². The lowest BCUT2D eigenvalue weighted by Gasteiger charge is -2.52. The Kier molecular flexibility index (Phi) is 1.24. The smallest absolute Gasteiger partial charge is 0.0239 e. The van der Waals surface area contributed by atoms with E-state index in [9.17, 15) is 0 Å². The molecule has 2 unspecified atom stereocenters. The molecule has 3 aliphatic heterocycles. The van der Waals surface area contributed by atoms with Gasteiger partial charge in [0.2, 0.25) is 0 Å². The quantitative estimate of drug-likeness (QED) is 0.534. The summed E-state index contributed by atoms with van der Waals surface area (Å²) < 4.78 is 0. The van der Waals surface area contributed by atoms with Gasteiger partial charge in [0.15, 0.2) is 0 Å². The predicted octanol–water partition coefficient (Wildman–Crippen LogP) is 0.0524. The van der Waals surface area contributed by atoms with E-state index in [1.807, 2.05) is 0 Å². The van der Waals surface area contributed by atoms with Crippen molar-refractivity contribution in [3.63, 3.8) is 0 Å². The van der Waals surface area contributed by atoms with Gasteiger partial charge in [-0.2, -0.15) is 0 Å². The molecule has 3 aliphatic rings. The van der Waals surface area contributed by atoms with Crippen molar-refractivity contribution in [2.45, 2.75) is 25.4 Å². The number of hydrogen-bond donors (Lipinski definition) is 1. The molecular weight excluding hydrogens is 112 g/mol. The molecule has 9 heavy (non-hydrogen) atoms. The Labute approximate surface area is 56.2 Å². The minimum atomic E-state index is 0.883. The summed E-state index contributed by atoms with van der Waals surface area (Å²) in [7, 11) is 0. The molecule has 0 amide bonds. The fourth-order valence-electron chi connectivity index (χ4n) is 2.08. The molecule has 2 bridgehead atoms. The van der Waals surface area contributed by atoms with Crippen molar-refractivity contribution in [2.75, 3.05) is 19.6 Å². The second-order valence-electron chi connectivity index (χ2n) is 3.03. The van der Waals surface area contributed by atoms with Crippen LogP contribution in [0.5, 0.6) is 0 Å². The van der Waals surface area contributed by atoms with E-state index in [0.717, 1.165) is 12.1 Å². The monoisotopic (exact) mass is 126 g/mol. The molecule has 3 saturated heterocycles. The molecule has 52 valence electrons. The van der Waals surface area contributed by atoms with Crippen molar-refractivity contribution in [1.29, 1.82) is 0 Å². The molecule has 1 N–H and O–H groups in total. The van der Waals surface area contributed by atoms with Crippen LogP contribution in [-0.2, 0) is 0 Å². The SMILES string of the molecule is CCN1C2CNCC1C2. The Balaban J connectivity index is 1.97.